The van der Waals surface area contributed by atoms with Gasteiger partial charge < -0.3 is 9.73 Å². The minimum absolute atomic E-state index is 0.0433. The Balaban J connectivity index is 2.20. The van der Waals surface area contributed by atoms with Crippen LogP contribution in [0.3, 0.4) is 0 Å². The number of hydrogen-bond acceptors (Lipinski definition) is 5. The highest BCUT2D eigenvalue weighted by molar-refractivity contribution is 5.72. The van der Waals surface area contributed by atoms with E-state index in [0.29, 0.717) is 23.6 Å². The largest absolute Gasteiger partial charge is 0.440 e. The lowest BCUT2D eigenvalue weighted by Crippen LogP contribution is -2.17. The van der Waals surface area contributed by atoms with Gasteiger partial charge in [0.1, 0.15) is 0 Å². The smallest absolute Gasteiger partial charge is 0.280 e. The van der Waals surface area contributed by atoms with Crippen LogP contribution in [0.2, 0.25) is 0 Å². The SMILES string of the molecule is CCCNCCc1ncc(-c2c(C)cccc2[N+](=O)[O-])o1. The zero-order chi connectivity index (χ0) is 15.2. The van der Waals surface area contributed by atoms with Crippen LogP contribution in [0, 0.1) is 17.0 Å². The van der Waals surface area contributed by atoms with Gasteiger partial charge >= 0.3 is 0 Å². The fourth-order valence-corrected chi connectivity index (χ4v) is 2.16. The third-order valence-corrected chi connectivity index (χ3v) is 3.19. The predicted molar refractivity (Wildman–Crippen MR) is 80.2 cm³/mol. The van der Waals surface area contributed by atoms with Crippen LogP contribution in [-0.2, 0) is 6.42 Å². The third kappa shape index (κ3) is 3.66. The van der Waals surface area contributed by atoms with Gasteiger partial charge in [0.2, 0.25) is 0 Å². The summed E-state index contributed by atoms with van der Waals surface area (Å²) in [5.74, 6) is 1.04. The molecule has 0 amide bonds. The molecule has 0 bridgehead atoms. The molecule has 0 saturated carbocycles. The van der Waals surface area contributed by atoms with Crippen molar-refractivity contribution in [1.82, 2.24) is 10.3 Å². The second-order valence-electron chi connectivity index (χ2n) is 4.84. The van der Waals surface area contributed by atoms with Crippen LogP contribution >= 0.6 is 0 Å². The molecule has 6 nitrogen and oxygen atoms in total. The lowest BCUT2D eigenvalue weighted by Gasteiger charge is -2.03. The molecule has 0 spiro atoms. The van der Waals surface area contributed by atoms with Crippen LogP contribution in [0.1, 0.15) is 24.8 Å². The minimum Gasteiger partial charge on any atom is -0.440 e. The molecule has 1 aromatic heterocycles. The average molecular weight is 289 g/mol. The zero-order valence-electron chi connectivity index (χ0n) is 12.3. The standard InChI is InChI=1S/C15H19N3O3/c1-3-8-16-9-7-14-17-10-13(21-14)15-11(2)5-4-6-12(15)18(19)20/h4-6,10,16H,3,7-9H2,1-2H3. The maximum Gasteiger partial charge on any atom is 0.280 e. The van der Waals surface area contributed by atoms with Gasteiger partial charge in [0, 0.05) is 19.0 Å². The van der Waals surface area contributed by atoms with Crippen LogP contribution in [0.15, 0.2) is 28.8 Å². The van der Waals surface area contributed by atoms with E-state index in [1.54, 1.807) is 12.3 Å². The Morgan fingerprint density at radius 1 is 1.38 bits per heavy atom. The fourth-order valence-electron chi connectivity index (χ4n) is 2.16. The van der Waals surface area contributed by atoms with Gasteiger partial charge in [0.25, 0.3) is 5.69 Å². The van der Waals surface area contributed by atoms with Crippen molar-refractivity contribution in [3.8, 4) is 11.3 Å². The number of nitro benzene ring substituents is 1. The van der Waals surface area contributed by atoms with Crippen LogP contribution in [0.5, 0.6) is 0 Å². The van der Waals surface area contributed by atoms with Gasteiger partial charge in [0.05, 0.1) is 16.7 Å². The number of benzene rings is 1. The normalized spacial score (nSPS) is 10.8. The predicted octanol–water partition coefficient (Wildman–Crippen LogP) is 3.10. The minimum atomic E-state index is -0.396. The Morgan fingerprint density at radius 3 is 2.90 bits per heavy atom. The molecular weight excluding hydrogens is 270 g/mol. The molecule has 0 unspecified atom stereocenters. The van der Waals surface area contributed by atoms with Gasteiger partial charge in [-0.05, 0) is 25.5 Å². The number of oxazole rings is 1. The molecule has 0 aliphatic heterocycles. The fraction of sp³-hybridized carbons (Fsp3) is 0.400. The van der Waals surface area contributed by atoms with Crippen LogP contribution in [-0.4, -0.2) is 23.0 Å². The molecular formula is C15H19N3O3. The molecule has 0 aliphatic rings. The molecule has 1 N–H and O–H groups in total. The summed E-state index contributed by atoms with van der Waals surface area (Å²) in [6, 6.07) is 4.98. The second kappa shape index (κ2) is 6.99. The molecule has 0 aliphatic carbocycles. The Morgan fingerprint density at radius 2 is 2.19 bits per heavy atom. The molecule has 0 atom stereocenters. The van der Waals surface area contributed by atoms with E-state index in [4.69, 9.17) is 4.42 Å². The van der Waals surface area contributed by atoms with E-state index in [1.807, 2.05) is 13.0 Å². The average Bonchev–Trinajstić information content (AvgIpc) is 2.91. The summed E-state index contributed by atoms with van der Waals surface area (Å²) in [5.41, 5.74) is 1.35. The summed E-state index contributed by atoms with van der Waals surface area (Å²) in [6.45, 7) is 5.67. The van der Waals surface area contributed by atoms with E-state index in [0.717, 1.165) is 25.1 Å². The molecule has 21 heavy (non-hydrogen) atoms. The van der Waals surface area contributed by atoms with E-state index in [2.05, 4.69) is 17.2 Å². The molecule has 6 heteroatoms. The molecule has 0 fully saturated rings. The third-order valence-electron chi connectivity index (χ3n) is 3.19. The number of aryl methyl sites for hydroxylation is 1. The van der Waals surface area contributed by atoms with Crippen molar-refractivity contribution < 1.29 is 9.34 Å². The number of nitrogens with one attached hydrogen (secondary N) is 1. The lowest BCUT2D eigenvalue weighted by molar-refractivity contribution is -0.384. The van der Waals surface area contributed by atoms with Crippen LogP contribution < -0.4 is 5.32 Å². The number of nitro groups is 1. The van der Waals surface area contributed by atoms with E-state index in [-0.39, 0.29) is 5.69 Å². The van der Waals surface area contributed by atoms with Gasteiger partial charge in [-0.2, -0.15) is 0 Å². The van der Waals surface area contributed by atoms with Crippen molar-refractivity contribution in [1.29, 1.82) is 0 Å². The number of hydrogen-bond donors (Lipinski definition) is 1. The van der Waals surface area contributed by atoms with Crippen molar-refractivity contribution in [3.05, 3.63) is 46.0 Å². The quantitative estimate of drug-likeness (QED) is 0.481. The number of aromatic nitrogens is 1. The first-order valence-corrected chi connectivity index (χ1v) is 7.03. The van der Waals surface area contributed by atoms with Crippen molar-refractivity contribution in [3.63, 3.8) is 0 Å². The van der Waals surface area contributed by atoms with Gasteiger partial charge in [-0.15, -0.1) is 0 Å². The van der Waals surface area contributed by atoms with E-state index in [9.17, 15) is 10.1 Å². The van der Waals surface area contributed by atoms with E-state index in [1.165, 1.54) is 6.07 Å². The lowest BCUT2D eigenvalue weighted by atomic mass is 10.1. The summed E-state index contributed by atoms with van der Waals surface area (Å²) in [5, 5.41) is 14.4. The van der Waals surface area contributed by atoms with Crippen molar-refractivity contribution in [2.45, 2.75) is 26.7 Å². The molecule has 0 radical (unpaired) electrons. The maximum absolute atomic E-state index is 11.1. The van der Waals surface area contributed by atoms with Gasteiger partial charge in [-0.1, -0.05) is 19.1 Å². The highest BCUT2D eigenvalue weighted by Gasteiger charge is 2.20. The molecule has 112 valence electrons. The van der Waals surface area contributed by atoms with E-state index >= 15 is 0 Å². The monoisotopic (exact) mass is 289 g/mol. The molecule has 1 heterocycles. The maximum atomic E-state index is 11.1. The van der Waals surface area contributed by atoms with Crippen LogP contribution in [0.4, 0.5) is 5.69 Å². The summed E-state index contributed by atoms with van der Waals surface area (Å²) >= 11 is 0. The number of rotatable bonds is 7. The Labute approximate surface area is 123 Å². The van der Waals surface area contributed by atoms with Crippen molar-refractivity contribution in [2.75, 3.05) is 13.1 Å². The summed E-state index contributed by atoms with van der Waals surface area (Å²) in [6.07, 6.45) is 3.30. The first kappa shape index (κ1) is 15.2. The van der Waals surface area contributed by atoms with Crippen LogP contribution in [0.25, 0.3) is 11.3 Å². The van der Waals surface area contributed by atoms with Crippen molar-refractivity contribution in [2.24, 2.45) is 0 Å². The summed E-state index contributed by atoms with van der Waals surface area (Å²) in [7, 11) is 0. The topological polar surface area (TPSA) is 81.2 Å². The highest BCUT2D eigenvalue weighted by atomic mass is 16.6. The van der Waals surface area contributed by atoms with Gasteiger partial charge in [0.15, 0.2) is 11.7 Å². The summed E-state index contributed by atoms with van der Waals surface area (Å²) in [4.78, 5) is 14.9. The second-order valence-corrected chi connectivity index (χ2v) is 4.84. The van der Waals surface area contributed by atoms with Crippen molar-refractivity contribution >= 4 is 5.69 Å². The summed E-state index contributed by atoms with van der Waals surface area (Å²) < 4.78 is 5.67. The molecule has 1 aromatic carbocycles. The first-order valence-electron chi connectivity index (χ1n) is 7.03. The Hall–Kier alpha value is -2.21. The molecule has 2 aromatic rings. The Bertz CT molecular complexity index is 622. The highest BCUT2D eigenvalue weighted by Crippen LogP contribution is 2.33. The molecule has 2 rings (SSSR count). The van der Waals surface area contributed by atoms with Gasteiger partial charge in [-0.25, -0.2) is 4.98 Å². The number of nitrogens with zero attached hydrogens (tertiary/aromatic N) is 2. The first-order chi connectivity index (χ1) is 10.1. The Kier molecular flexibility index (Phi) is 5.05. The zero-order valence-corrected chi connectivity index (χ0v) is 12.3. The molecule has 0 saturated heterocycles. The van der Waals surface area contributed by atoms with E-state index < -0.39 is 4.92 Å². The van der Waals surface area contributed by atoms with Gasteiger partial charge in [-0.3, -0.25) is 10.1 Å².